The van der Waals surface area contributed by atoms with E-state index in [1.54, 1.807) is 7.11 Å². The maximum absolute atomic E-state index is 13.3. The number of ether oxygens (including phenoxy) is 1. The highest BCUT2D eigenvalue weighted by Crippen LogP contribution is 2.56. The van der Waals surface area contributed by atoms with Gasteiger partial charge >= 0.3 is 0 Å². The second kappa shape index (κ2) is 5.70. The van der Waals surface area contributed by atoms with Crippen molar-refractivity contribution in [2.75, 3.05) is 7.11 Å². The van der Waals surface area contributed by atoms with Crippen molar-refractivity contribution in [3.63, 3.8) is 0 Å². The first-order chi connectivity index (χ1) is 11.7. The Hall–Kier alpha value is -2.76. The number of methoxy groups -OCH3 is 1. The summed E-state index contributed by atoms with van der Waals surface area (Å²) in [7, 11) is 1.64. The summed E-state index contributed by atoms with van der Waals surface area (Å²) < 4.78 is 37.1. The molecule has 3 aromatic rings. The Balaban J connectivity index is 1.57. The largest absolute Gasteiger partial charge is 0.496 e. The molecule has 1 saturated carbocycles. The lowest BCUT2D eigenvalue weighted by Gasteiger charge is -2.06. The molecular weight excluding hydrogens is 314 g/mol. The second-order valence-corrected chi connectivity index (χ2v) is 5.78. The average Bonchev–Trinajstić information content (AvgIpc) is 3.25. The van der Waals surface area contributed by atoms with Gasteiger partial charge in [0, 0.05) is 11.5 Å². The molecule has 1 fully saturated rings. The maximum Gasteiger partial charge on any atom is 0.230 e. The SMILES string of the molecule is COc1ccccc1[C@@H]1C[C@@H]1c1nc(-c2ccc(F)c(F)c2)no1. The lowest BCUT2D eigenvalue weighted by molar-refractivity contribution is 0.377. The van der Waals surface area contributed by atoms with Crippen LogP contribution in [-0.4, -0.2) is 17.3 Å². The highest BCUT2D eigenvalue weighted by molar-refractivity contribution is 5.54. The number of aromatic nitrogens is 2. The van der Waals surface area contributed by atoms with Crippen molar-refractivity contribution in [2.45, 2.75) is 18.3 Å². The summed E-state index contributed by atoms with van der Waals surface area (Å²) in [5, 5.41) is 3.88. The molecule has 4 nitrogen and oxygen atoms in total. The quantitative estimate of drug-likeness (QED) is 0.717. The summed E-state index contributed by atoms with van der Waals surface area (Å²) in [5.74, 6) is 0.149. The van der Waals surface area contributed by atoms with Crippen LogP contribution in [0.25, 0.3) is 11.4 Å². The molecule has 1 heterocycles. The molecule has 0 saturated heterocycles. The molecule has 2 atom stereocenters. The summed E-state index contributed by atoms with van der Waals surface area (Å²) in [6.45, 7) is 0. The molecule has 0 spiro atoms. The van der Waals surface area contributed by atoms with Crippen molar-refractivity contribution >= 4 is 0 Å². The monoisotopic (exact) mass is 328 g/mol. The molecule has 1 aliphatic rings. The molecule has 0 radical (unpaired) electrons. The van der Waals surface area contributed by atoms with Crippen LogP contribution >= 0.6 is 0 Å². The lowest BCUT2D eigenvalue weighted by Crippen LogP contribution is -1.91. The van der Waals surface area contributed by atoms with Crippen molar-refractivity contribution in [1.82, 2.24) is 10.1 Å². The van der Waals surface area contributed by atoms with Crippen LogP contribution in [0.4, 0.5) is 8.78 Å². The Morgan fingerprint density at radius 1 is 1.08 bits per heavy atom. The van der Waals surface area contributed by atoms with Gasteiger partial charge < -0.3 is 9.26 Å². The number of hydrogen-bond acceptors (Lipinski definition) is 4. The van der Waals surface area contributed by atoms with Crippen molar-refractivity contribution in [3.8, 4) is 17.1 Å². The molecule has 24 heavy (non-hydrogen) atoms. The van der Waals surface area contributed by atoms with Crippen LogP contribution in [0.1, 0.15) is 29.7 Å². The van der Waals surface area contributed by atoms with E-state index in [4.69, 9.17) is 9.26 Å². The van der Waals surface area contributed by atoms with E-state index in [-0.39, 0.29) is 17.7 Å². The summed E-state index contributed by atoms with van der Waals surface area (Å²) in [6, 6.07) is 11.4. The van der Waals surface area contributed by atoms with Gasteiger partial charge in [-0.15, -0.1) is 0 Å². The fourth-order valence-corrected chi connectivity index (χ4v) is 2.92. The first-order valence-corrected chi connectivity index (χ1v) is 7.59. The molecule has 122 valence electrons. The van der Waals surface area contributed by atoms with E-state index in [2.05, 4.69) is 10.1 Å². The minimum Gasteiger partial charge on any atom is -0.496 e. The molecule has 0 N–H and O–H groups in total. The average molecular weight is 328 g/mol. The van der Waals surface area contributed by atoms with E-state index in [0.29, 0.717) is 11.5 Å². The molecule has 1 aliphatic carbocycles. The van der Waals surface area contributed by atoms with Gasteiger partial charge in [-0.2, -0.15) is 4.98 Å². The van der Waals surface area contributed by atoms with Crippen molar-refractivity contribution in [1.29, 1.82) is 0 Å². The second-order valence-electron chi connectivity index (χ2n) is 5.78. The van der Waals surface area contributed by atoms with Gasteiger partial charge in [0.15, 0.2) is 11.6 Å². The number of halogens is 2. The standard InChI is InChI=1S/C18H14F2N2O2/c1-23-16-5-3-2-4-11(16)12-9-13(12)18-21-17(22-24-18)10-6-7-14(19)15(20)8-10/h2-8,12-13H,9H2,1H3/t12-,13-/m0/s1. The summed E-state index contributed by atoms with van der Waals surface area (Å²) in [4.78, 5) is 4.34. The Kier molecular flexibility index (Phi) is 3.52. The van der Waals surface area contributed by atoms with Gasteiger partial charge in [0.2, 0.25) is 11.7 Å². The fraction of sp³-hybridized carbons (Fsp3) is 0.222. The minimum absolute atomic E-state index is 0.118. The molecular formula is C18H14F2N2O2. The first kappa shape index (κ1) is 14.8. The third-order valence-electron chi connectivity index (χ3n) is 4.27. The normalized spacial score (nSPS) is 19.3. The Bertz CT molecular complexity index is 894. The Labute approximate surface area is 137 Å². The molecule has 0 aliphatic heterocycles. The number of hydrogen-bond donors (Lipinski definition) is 0. The predicted octanol–water partition coefficient (Wildman–Crippen LogP) is 4.29. The van der Waals surface area contributed by atoms with Crippen LogP contribution < -0.4 is 4.74 Å². The van der Waals surface area contributed by atoms with Crippen LogP contribution in [0, 0.1) is 11.6 Å². The van der Waals surface area contributed by atoms with Crippen LogP contribution in [0.15, 0.2) is 47.0 Å². The lowest BCUT2D eigenvalue weighted by atomic mass is 10.1. The summed E-state index contributed by atoms with van der Waals surface area (Å²) in [5.41, 5.74) is 1.50. The van der Waals surface area contributed by atoms with E-state index >= 15 is 0 Å². The molecule has 0 unspecified atom stereocenters. The molecule has 4 rings (SSSR count). The van der Waals surface area contributed by atoms with E-state index < -0.39 is 11.6 Å². The van der Waals surface area contributed by atoms with Crippen molar-refractivity contribution < 1.29 is 18.0 Å². The maximum atomic E-state index is 13.3. The third-order valence-corrected chi connectivity index (χ3v) is 4.27. The van der Waals surface area contributed by atoms with E-state index in [9.17, 15) is 8.78 Å². The van der Waals surface area contributed by atoms with Crippen LogP contribution in [0.5, 0.6) is 5.75 Å². The topological polar surface area (TPSA) is 48.2 Å². The third kappa shape index (κ3) is 2.54. The number of rotatable bonds is 4. The van der Waals surface area contributed by atoms with E-state index in [0.717, 1.165) is 29.9 Å². The summed E-state index contributed by atoms with van der Waals surface area (Å²) in [6.07, 6.45) is 0.889. The zero-order valence-electron chi connectivity index (χ0n) is 12.9. The highest BCUT2D eigenvalue weighted by Gasteiger charge is 2.45. The zero-order valence-corrected chi connectivity index (χ0v) is 12.9. The van der Waals surface area contributed by atoms with Crippen molar-refractivity contribution in [3.05, 3.63) is 65.6 Å². The minimum atomic E-state index is -0.933. The van der Waals surface area contributed by atoms with Gasteiger partial charge in [0.25, 0.3) is 0 Å². The van der Waals surface area contributed by atoms with Crippen LogP contribution in [0.3, 0.4) is 0 Å². The number of para-hydroxylation sites is 1. The van der Waals surface area contributed by atoms with Crippen LogP contribution in [-0.2, 0) is 0 Å². The van der Waals surface area contributed by atoms with Gasteiger partial charge in [-0.05, 0) is 42.2 Å². The molecule has 1 aromatic heterocycles. The summed E-state index contributed by atoms with van der Waals surface area (Å²) >= 11 is 0. The van der Waals surface area contributed by atoms with E-state index in [1.165, 1.54) is 6.07 Å². The molecule has 0 amide bonds. The van der Waals surface area contributed by atoms with Crippen LogP contribution in [0.2, 0.25) is 0 Å². The van der Waals surface area contributed by atoms with Crippen molar-refractivity contribution in [2.24, 2.45) is 0 Å². The Morgan fingerprint density at radius 3 is 2.71 bits per heavy atom. The molecule has 6 heteroatoms. The smallest absolute Gasteiger partial charge is 0.230 e. The van der Waals surface area contributed by atoms with Gasteiger partial charge in [0.05, 0.1) is 7.11 Å². The van der Waals surface area contributed by atoms with Gasteiger partial charge in [-0.25, -0.2) is 8.78 Å². The molecule has 2 aromatic carbocycles. The van der Waals surface area contributed by atoms with Gasteiger partial charge in [-0.3, -0.25) is 0 Å². The van der Waals surface area contributed by atoms with E-state index in [1.807, 2.05) is 24.3 Å². The predicted molar refractivity (Wildman–Crippen MR) is 82.7 cm³/mol. The highest BCUT2D eigenvalue weighted by atomic mass is 19.2. The first-order valence-electron chi connectivity index (χ1n) is 7.59. The van der Waals surface area contributed by atoms with Gasteiger partial charge in [-0.1, -0.05) is 23.4 Å². The molecule has 0 bridgehead atoms. The zero-order chi connectivity index (χ0) is 16.7. The number of benzene rings is 2. The van der Waals surface area contributed by atoms with Gasteiger partial charge in [0.1, 0.15) is 5.75 Å². The Morgan fingerprint density at radius 2 is 1.92 bits per heavy atom. The fourth-order valence-electron chi connectivity index (χ4n) is 2.92. The number of nitrogens with zero attached hydrogens (tertiary/aromatic N) is 2.